The molecule has 0 amide bonds. The number of hydrogen-bond donors (Lipinski definition) is 0. The van der Waals surface area contributed by atoms with Crippen LogP contribution in [0.1, 0.15) is 40.0 Å². The van der Waals surface area contributed by atoms with Gasteiger partial charge in [0.2, 0.25) is 0 Å². The molecule has 0 fully saturated rings. The molecule has 0 aliphatic carbocycles. The predicted molar refractivity (Wildman–Crippen MR) is 354 cm³/mol. The number of imidazole rings is 4. The van der Waals surface area contributed by atoms with Crippen LogP contribution in [-0.4, -0.2) is 48.0 Å². The third kappa shape index (κ3) is 11.7. The summed E-state index contributed by atoms with van der Waals surface area (Å²) in [7, 11) is 8.43. The normalized spacial score (nSPS) is 11.5. The van der Waals surface area contributed by atoms with Crippen LogP contribution < -0.4 is 0 Å². The molecule has 11 heteroatoms. The lowest BCUT2D eigenvalue weighted by atomic mass is 10.0. The first kappa shape index (κ1) is 56.7. The van der Waals surface area contributed by atoms with E-state index in [4.69, 9.17) is 19.9 Å². The zero-order valence-corrected chi connectivity index (χ0v) is 50.4. The smallest absolute Gasteiger partial charge is 0.187 e. The van der Waals surface area contributed by atoms with Gasteiger partial charge >= 0.3 is 0 Å². The van der Waals surface area contributed by atoms with E-state index in [1.54, 1.807) is 0 Å². The van der Waals surface area contributed by atoms with Crippen molar-refractivity contribution in [1.82, 2.24) is 48.0 Å². The SMILES string of the molecule is Cc1cc(CN(Cc2nc(-c3ccccc3)c(-c3ccccc3)n2C)Cc2nc(-c3ccccc3)c(-c3ccccc3)n2C)c([O])c(CN(Cc2nc(-c3ccccc3)c(-c3ccccc3)n2C)Cc2nc(-c3ccccc3)c(-c3ccccc3)n2C)c1. The van der Waals surface area contributed by atoms with Crippen LogP contribution in [0, 0.1) is 6.92 Å². The first-order valence-corrected chi connectivity index (χ1v) is 30.0. The summed E-state index contributed by atoms with van der Waals surface area (Å²) in [6.45, 7) is 4.45. The van der Waals surface area contributed by atoms with E-state index in [2.05, 4.69) is 269 Å². The molecule has 0 unspecified atom stereocenters. The van der Waals surface area contributed by atoms with E-state index in [1.165, 1.54) is 0 Å². The monoisotopic (exact) mass is 1150 g/mol. The first-order valence-electron chi connectivity index (χ1n) is 30.0. The van der Waals surface area contributed by atoms with Gasteiger partial charge < -0.3 is 18.3 Å². The van der Waals surface area contributed by atoms with Crippen molar-refractivity contribution in [2.75, 3.05) is 0 Å². The minimum Gasteiger partial charge on any atom is -0.330 e. The number of nitrogens with zero attached hydrogens (tertiary/aromatic N) is 10. The average Bonchev–Trinajstić information content (AvgIpc) is 3.75. The molecule has 433 valence electrons. The number of hydrogen-bond acceptors (Lipinski definition) is 6. The minimum atomic E-state index is -0.00485. The number of rotatable bonds is 20. The zero-order valence-electron chi connectivity index (χ0n) is 50.4. The molecular weight excluding hydrogens is 1080 g/mol. The molecular formula is C77H69N10O. The van der Waals surface area contributed by atoms with E-state index in [-0.39, 0.29) is 5.75 Å². The Labute approximate surface area is 515 Å². The van der Waals surface area contributed by atoms with Crippen molar-refractivity contribution >= 4 is 0 Å². The second-order valence-electron chi connectivity index (χ2n) is 22.8. The van der Waals surface area contributed by atoms with Gasteiger partial charge in [-0.25, -0.2) is 19.9 Å². The Morgan fingerprint density at radius 2 is 0.477 bits per heavy atom. The topological polar surface area (TPSA) is 97.7 Å². The van der Waals surface area contributed by atoms with Gasteiger partial charge in [0.25, 0.3) is 0 Å². The van der Waals surface area contributed by atoms with Gasteiger partial charge in [-0.2, -0.15) is 0 Å². The summed E-state index contributed by atoms with van der Waals surface area (Å²) in [5.41, 5.74) is 18.5. The predicted octanol–water partition coefficient (Wildman–Crippen LogP) is 16.8. The number of aromatic nitrogens is 8. The van der Waals surface area contributed by atoms with Crippen molar-refractivity contribution in [3.8, 4) is 95.8 Å². The van der Waals surface area contributed by atoms with Gasteiger partial charge in [-0.15, -0.1) is 0 Å². The quantitative estimate of drug-likeness (QED) is 0.0754. The maximum Gasteiger partial charge on any atom is 0.187 e. The van der Waals surface area contributed by atoms with Crippen LogP contribution in [0.4, 0.5) is 0 Å². The van der Waals surface area contributed by atoms with E-state index in [0.717, 1.165) is 119 Å². The van der Waals surface area contributed by atoms with Crippen LogP contribution in [0.2, 0.25) is 0 Å². The van der Waals surface area contributed by atoms with E-state index in [1.807, 2.05) is 48.5 Å². The molecule has 88 heavy (non-hydrogen) atoms. The van der Waals surface area contributed by atoms with Crippen molar-refractivity contribution in [3.05, 3.63) is 295 Å². The molecule has 0 atom stereocenters. The lowest BCUT2D eigenvalue weighted by Crippen LogP contribution is -2.27. The third-order valence-electron chi connectivity index (χ3n) is 16.8. The molecule has 4 aromatic heterocycles. The zero-order chi connectivity index (χ0) is 60.1. The minimum absolute atomic E-state index is 0.00485. The fourth-order valence-corrected chi connectivity index (χ4v) is 12.4. The first-order chi connectivity index (χ1) is 43.1. The van der Waals surface area contributed by atoms with Crippen molar-refractivity contribution in [2.24, 2.45) is 28.2 Å². The van der Waals surface area contributed by atoms with Gasteiger partial charge in [-0.05, 0) is 6.92 Å². The lowest BCUT2D eigenvalue weighted by molar-refractivity contribution is 0.215. The molecule has 0 aliphatic heterocycles. The van der Waals surface area contributed by atoms with Crippen LogP contribution in [0.5, 0.6) is 5.75 Å². The fraction of sp³-hybridized carbons (Fsp3) is 0.143. The molecule has 13 rings (SSSR count). The molecule has 0 aliphatic rings. The van der Waals surface area contributed by atoms with Gasteiger partial charge in [0.1, 0.15) is 23.3 Å². The van der Waals surface area contributed by atoms with Crippen LogP contribution in [0.3, 0.4) is 0 Å². The Morgan fingerprint density at radius 3 is 0.682 bits per heavy atom. The molecule has 4 heterocycles. The van der Waals surface area contributed by atoms with Gasteiger partial charge in [-0.1, -0.05) is 260 Å². The van der Waals surface area contributed by atoms with Crippen LogP contribution in [0.15, 0.2) is 255 Å². The highest BCUT2D eigenvalue weighted by atomic mass is 16.3. The molecule has 0 spiro atoms. The number of aryl methyl sites for hydroxylation is 1. The van der Waals surface area contributed by atoms with Gasteiger partial charge in [-0.3, -0.25) is 14.9 Å². The van der Waals surface area contributed by atoms with Crippen LogP contribution in [0.25, 0.3) is 90.1 Å². The molecule has 0 N–H and O–H groups in total. The summed E-state index contributed by atoms with van der Waals surface area (Å²) in [6, 6.07) is 87.7. The Bertz CT molecular complexity index is 3940. The van der Waals surface area contributed by atoms with Crippen LogP contribution in [-0.2, 0) is 72.6 Å². The Kier molecular flexibility index (Phi) is 16.3. The van der Waals surface area contributed by atoms with E-state index in [0.29, 0.717) is 50.4 Å². The van der Waals surface area contributed by atoms with E-state index in [9.17, 15) is 0 Å². The van der Waals surface area contributed by atoms with E-state index < -0.39 is 0 Å². The fourth-order valence-electron chi connectivity index (χ4n) is 12.4. The Balaban J connectivity index is 0.926. The van der Waals surface area contributed by atoms with Gasteiger partial charge in [0.15, 0.2) is 5.75 Å². The molecule has 13 aromatic rings. The van der Waals surface area contributed by atoms with Gasteiger partial charge in [0, 0.05) is 96.9 Å². The highest BCUT2D eigenvalue weighted by Crippen LogP contribution is 2.39. The van der Waals surface area contributed by atoms with Crippen molar-refractivity contribution in [3.63, 3.8) is 0 Å². The highest BCUT2D eigenvalue weighted by molar-refractivity contribution is 5.82. The molecule has 0 bridgehead atoms. The summed E-state index contributed by atoms with van der Waals surface area (Å²) in [5, 5.41) is 15.8. The summed E-state index contributed by atoms with van der Waals surface area (Å²) in [4.78, 5) is 26.7. The number of benzene rings is 9. The second-order valence-corrected chi connectivity index (χ2v) is 22.8. The average molecular weight is 1150 g/mol. The summed E-state index contributed by atoms with van der Waals surface area (Å²) in [5.74, 6) is 3.46. The third-order valence-corrected chi connectivity index (χ3v) is 16.8. The second kappa shape index (κ2) is 25.2. The summed E-state index contributed by atoms with van der Waals surface area (Å²) in [6.07, 6.45) is 0. The lowest BCUT2D eigenvalue weighted by Gasteiger charge is -2.25. The standard InChI is InChI=1S/C77H69N10O/c1-54-46-63(48-86(50-65-78-69(55-30-14-6-15-31-55)73(82(65)2)59-38-22-10-23-39-59)51-66-79-70(56-32-16-7-17-33-56)74(83(66)3)60-40-24-11-25-41-60)77(88)64(47-54)49-87(52-67-80-71(57-34-18-8-19-35-57)75(84(67)4)61-42-26-12-27-43-61)53-68-81-72(58-36-20-9-21-37-58)76(85(68)5)62-44-28-13-29-45-62/h6-47H,48-53H2,1-5H3. The molecule has 9 aromatic carbocycles. The summed E-state index contributed by atoms with van der Waals surface area (Å²) >= 11 is 0. The molecule has 1 radical (unpaired) electrons. The Hall–Kier alpha value is -10.5. The van der Waals surface area contributed by atoms with E-state index >= 15 is 5.11 Å². The maximum atomic E-state index is 15.8. The van der Waals surface area contributed by atoms with Crippen molar-refractivity contribution in [2.45, 2.75) is 46.2 Å². The molecule has 11 nitrogen and oxygen atoms in total. The summed E-state index contributed by atoms with van der Waals surface area (Å²) < 4.78 is 8.89. The van der Waals surface area contributed by atoms with Crippen LogP contribution >= 0.6 is 0 Å². The maximum absolute atomic E-state index is 15.8. The molecule has 0 saturated carbocycles. The van der Waals surface area contributed by atoms with Crippen molar-refractivity contribution in [1.29, 1.82) is 0 Å². The van der Waals surface area contributed by atoms with Gasteiger partial charge in [0.05, 0.1) is 71.7 Å². The van der Waals surface area contributed by atoms with Crippen molar-refractivity contribution < 1.29 is 5.11 Å². The molecule has 0 saturated heterocycles. The highest BCUT2D eigenvalue weighted by Gasteiger charge is 2.28. The largest absolute Gasteiger partial charge is 0.330 e. The Morgan fingerprint density at radius 1 is 0.284 bits per heavy atom.